The Bertz CT molecular complexity index is 1610. The first-order chi connectivity index (χ1) is 23.0. The van der Waals surface area contributed by atoms with Crippen LogP contribution in [0, 0.1) is 29.1 Å². The van der Waals surface area contributed by atoms with E-state index in [1.807, 2.05) is 38.1 Å². The number of benzene rings is 1. The molecule has 1 aromatic carbocycles. The minimum atomic E-state index is -3.53. The minimum absolute atomic E-state index is 0.0364. The number of carbonyl (C=O) groups is 5. The number of nitrogens with one attached hydrogen (secondary N) is 3. The Morgan fingerprint density at radius 1 is 1.04 bits per heavy atom. The third kappa shape index (κ3) is 7.69. The van der Waals surface area contributed by atoms with Gasteiger partial charge in [0.2, 0.25) is 27.6 Å². The fraction of sp³-hybridized carbons (Fsp3) is 0.629. The highest BCUT2D eigenvalue weighted by Crippen LogP contribution is 2.65. The molecule has 0 aromatic heterocycles. The van der Waals surface area contributed by atoms with Crippen molar-refractivity contribution in [1.82, 2.24) is 25.2 Å². The van der Waals surface area contributed by atoms with Gasteiger partial charge in [0, 0.05) is 20.1 Å². The molecule has 1 heterocycles. The third-order valence-corrected chi connectivity index (χ3v) is 13.0. The number of piperidine rings is 1. The number of nitrogens with zero attached hydrogens (tertiary/aromatic N) is 2. The second-order valence-corrected chi connectivity index (χ2v) is 17.3. The molecule has 5 amide bonds. The van der Waals surface area contributed by atoms with E-state index < -0.39 is 63.7 Å². The molecular formula is C35H50N6O7S. The first-order valence-corrected chi connectivity index (χ1v) is 18.7. The molecule has 1 aromatic rings. The van der Waals surface area contributed by atoms with Gasteiger partial charge in [-0.25, -0.2) is 17.5 Å². The molecule has 0 radical (unpaired) electrons. The summed E-state index contributed by atoms with van der Waals surface area (Å²) in [6.07, 6.45) is 3.19. The average molecular weight is 699 g/mol. The molecule has 5 N–H and O–H groups in total. The average Bonchev–Trinajstić information content (AvgIpc) is 3.80. The highest BCUT2D eigenvalue weighted by Gasteiger charge is 2.70. The van der Waals surface area contributed by atoms with Gasteiger partial charge in [0.1, 0.15) is 12.1 Å². The number of amides is 5. The molecule has 1 unspecified atom stereocenters. The molecule has 0 bridgehead atoms. The minimum Gasteiger partial charge on any atom is -0.363 e. The van der Waals surface area contributed by atoms with Crippen molar-refractivity contribution >= 4 is 39.6 Å². The molecule has 2 saturated carbocycles. The van der Waals surface area contributed by atoms with Gasteiger partial charge in [0.15, 0.2) is 0 Å². The van der Waals surface area contributed by atoms with Crippen LogP contribution in [0.25, 0.3) is 0 Å². The second kappa shape index (κ2) is 13.9. The summed E-state index contributed by atoms with van der Waals surface area (Å²) in [5, 5.41) is 8.50. The predicted molar refractivity (Wildman–Crippen MR) is 183 cm³/mol. The van der Waals surface area contributed by atoms with Gasteiger partial charge in [0.25, 0.3) is 5.91 Å². The van der Waals surface area contributed by atoms with Crippen molar-refractivity contribution in [2.75, 3.05) is 25.9 Å². The van der Waals surface area contributed by atoms with E-state index in [4.69, 9.17) is 5.73 Å². The fourth-order valence-electron chi connectivity index (χ4n) is 7.81. The van der Waals surface area contributed by atoms with E-state index in [-0.39, 0.29) is 41.4 Å². The number of fused-ring (bicyclic) bond motifs is 2. The van der Waals surface area contributed by atoms with E-state index in [9.17, 15) is 32.4 Å². The Kier molecular flexibility index (Phi) is 10.3. The summed E-state index contributed by atoms with van der Waals surface area (Å²) in [5.74, 6) is -3.19. The molecule has 1 saturated heterocycles. The van der Waals surface area contributed by atoms with E-state index in [1.165, 1.54) is 23.2 Å². The lowest BCUT2D eigenvalue weighted by Crippen LogP contribution is -2.61. The number of ketones is 1. The van der Waals surface area contributed by atoms with Crippen LogP contribution in [0.1, 0.15) is 58.1 Å². The number of Topliss-reactive ketones (excluding diaryl/α,β-unsaturated/α-hetero) is 1. The van der Waals surface area contributed by atoms with Gasteiger partial charge in [-0.3, -0.25) is 19.2 Å². The summed E-state index contributed by atoms with van der Waals surface area (Å²) in [4.78, 5) is 68.4. The Labute approximate surface area is 288 Å². The predicted octanol–water partition coefficient (Wildman–Crippen LogP) is 1.12. The molecule has 3 fully saturated rings. The van der Waals surface area contributed by atoms with E-state index >= 15 is 0 Å². The molecule has 4 aliphatic rings. The Balaban J connectivity index is 1.39. The van der Waals surface area contributed by atoms with Gasteiger partial charge in [-0.05, 0) is 73.3 Å². The van der Waals surface area contributed by atoms with Gasteiger partial charge in [0.05, 0.1) is 17.8 Å². The number of likely N-dealkylation sites (tertiary alicyclic amines) is 1. The number of hydrogen-bond acceptors (Lipinski definition) is 7. The molecular weight excluding hydrogens is 648 g/mol. The number of nitrogens with two attached hydrogens (primary N) is 1. The van der Waals surface area contributed by atoms with Crippen LogP contribution in [0.4, 0.5) is 4.79 Å². The van der Waals surface area contributed by atoms with E-state index in [2.05, 4.69) is 22.5 Å². The smallest absolute Gasteiger partial charge is 0.315 e. The van der Waals surface area contributed by atoms with Crippen molar-refractivity contribution in [3.8, 4) is 0 Å². The lowest BCUT2D eigenvalue weighted by atomic mass is 9.93. The quantitative estimate of drug-likeness (QED) is 0.156. The number of likely N-dealkylation sites (N-methyl/N-ethyl adjacent to an activating group) is 1. The summed E-state index contributed by atoms with van der Waals surface area (Å²) < 4.78 is 26.0. The summed E-state index contributed by atoms with van der Waals surface area (Å²) in [6.45, 7) is 11.5. The maximum atomic E-state index is 14.7. The molecule has 268 valence electrons. The highest BCUT2D eigenvalue weighted by atomic mass is 32.2. The number of urea groups is 1. The highest BCUT2D eigenvalue weighted by molar-refractivity contribution is 7.89. The van der Waals surface area contributed by atoms with E-state index in [1.54, 1.807) is 6.92 Å². The monoisotopic (exact) mass is 698 g/mol. The van der Waals surface area contributed by atoms with Gasteiger partial charge in [-0.1, -0.05) is 63.1 Å². The van der Waals surface area contributed by atoms with Crippen molar-refractivity contribution in [2.24, 2.45) is 34.8 Å². The number of hydrogen-bond donors (Lipinski definition) is 4. The van der Waals surface area contributed by atoms with E-state index in [0.29, 0.717) is 31.4 Å². The molecule has 0 spiro atoms. The number of rotatable bonds is 15. The SMILES string of the molecule is C=C(C)[C@@H](CN(C)S(=O)(=O)CC)NC(=O)N[C@H](C(=O)N1C[C@H]2[C@@H]([C@H]1C(=O)NC(CC1CC1)C(=O)C(N)=O)C2(C)C)C1Cc2ccccc2C1. The molecule has 6 atom stereocenters. The van der Waals surface area contributed by atoms with Crippen LogP contribution in [-0.4, -0.2) is 97.2 Å². The van der Waals surface area contributed by atoms with Crippen molar-refractivity contribution in [1.29, 1.82) is 0 Å². The second-order valence-electron chi connectivity index (χ2n) is 15.0. The van der Waals surface area contributed by atoms with Crippen LogP contribution in [0.5, 0.6) is 0 Å². The molecule has 49 heavy (non-hydrogen) atoms. The Morgan fingerprint density at radius 2 is 1.65 bits per heavy atom. The standard InChI is InChI=1S/C35H50N6O7S/c1-7-49(47,48)40(6)18-26(19(2)3)38-34(46)39-28(23-15-21-10-8-9-11-22(21)16-23)33(45)41-17-24-27(35(24,4)5)29(41)32(44)37-25(14-20-12-13-20)30(42)31(36)43/h8-11,20,23-29H,2,7,12-18H2,1,3-6H3,(H2,36,43)(H,37,44)(H2,38,39,46)/t24-,25?,26+,27-,28-,29-/m0/s1. The zero-order chi connectivity index (χ0) is 36.0. The van der Waals surface area contributed by atoms with Crippen LogP contribution in [0.2, 0.25) is 0 Å². The van der Waals surface area contributed by atoms with Gasteiger partial charge in [-0.15, -0.1) is 0 Å². The lowest BCUT2D eigenvalue weighted by molar-refractivity contribution is -0.144. The van der Waals surface area contributed by atoms with E-state index in [0.717, 1.165) is 24.0 Å². The number of sulfonamides is 1. The maximum absolute atomic E-state index is 14.7. The summed E-state index contributed by atoms with van der Waals surface area (Å²) in [7, 11) is -2.09. The molecule has 14 heteroatoms. The zero-order valence-corrected chi connectivity index (χ0v) is 29.8. The molecule has 5 rings (SSSR count). The summed E-state index contributed by atoms with van der Waals surface area (Å²) in [6, 6.07) is 3.49. The Hall–Kier alpha value is -3.78. The molecule has 1 aliphatic heterocycles. The van der Waals surface area contributed by atoms with Crippen LogP contribution in [-0.2, 0) is 42.0 Å². The zero-order valence-electron chi connectivity index (χ0n) is 29.0. The van der Waals surface area contributed by atoms with Crippen molar-refractivity contribution in [3.05, 3.63) is 47.5 Å². The normalized spacial score (nSPS) is 24.3. The van der Waals surface area contributed by atoms with Crippen LogP contribution < -0.4 is 21.7 Å². The van der Waals surface area contributed by atoms with Crippen LogP contribution in [0.15, 0.2) is 36.4 Å². The van der Waals surface area contributed by atoms with Gasteiger partial charge < -0.3 is 26.6 Å². The topological polar surface area (TPSA) is 188 Å². The molecule has 3 aliphatic carbocycles. The van der Waals surface area contributed by atoms with Gasteiger partial charge >= 0.3 is 6.03 Å². The number of carbonyl (C=O) groups excluding carboxylic acids is 5. The fourth-order valence-corrected chi connectivity index (χ4v) is 8.62. The third-order valence-electron chi connectivity index (χ3n) is 11.2. The lowest BCUT2D eigenvalue weighted by Gasteiger charge is -2.35. The molecule has 13 nitrogen and oxygen atoms in total. The first kappa shape index (κ1) is 36.5. The number of primary amides is 1. The first-order valence-electron chi connectivity index (χ1n) is 17.1. The van der Waals surface area contributed by atoms with Crippen molar-refractivity contribution in [2.45, 2.75) is 84.0 Å². The van der Waals surface area contributed by atoms with Gasteiger partial charge in [-0.2, -0.15) is 0 Å². The Morgan fingerprint density at radius 3 is 2.18 bits per heavy atom. The van der Waals surface area contributed by atoms with Crippen LogP contribution >= 0.6 is 0 Å². The summed E-state index contributed by atoms with van der Waals surface area (Å²) in [5.41, 5.74) is 7.79. The van der Waals surface area contributed by atoms with Crippen molar-refractivity contribution < 1.29 is 32.4 Å². The maximum Gasteiger partial charge on any atom is 0.315 e. The summed E-state index contributed by atoms with van der Waals surface area (Å²) >= 11 is 0. The largest absolute Gasteiger partial charge is 0.363 e. The van der Waals surface area contributed by atoms with Crippen molar-refractivity contribution in [3.63, 3.8) is 0 Å². The van der Waals surface area contributed by atoms with Crippen LogP contribution in [0.3, 0.4) is 0 Å².